The Hall–Kier alpha value is -3.07. The number of aromatic nitrogens is 2. The molecule has 30 heavy (non-hydrogen) atoms. The van der Waals surface area contributed by atoms with E-state index in [9.17, 15) is 19.7 Å². The van der Waals surface area contributed by atoms with Crippen molar-refractivity contribution < 1.29 is 14.5 Å². The number of benzene rings is 1. The highest BCUT2D eigenvalue weighted by atomic mass is 32.1. The molecule has 0 bridgehead atoms. The van der Waals surface area contributed by atoms with E-state index in [-0.39, 0.29) is 17.4 Å². The first-order valence-electron chi connectivity index (χ1n) is 9.89. The molecule has 2 heterocycles. The average Bonchev–Trinajstić information content (AvgIpc) is 3.19. The maximum atomic E-state index is 13.2. The Labute approximate surface area is 176 Å². The highest BCUT2D eigenvalue weighted by molar-refractivity contribution is 7.17. The van der Waals surface area contributed by atoms with Gasteiger partial charge in [-0.15, -0.1) is 11.3 Å². The summed E-state index contributed by atoms with van der Waals surface area (Å²) in [6, 6.07) is 5.23. The number of hydrogen-bond acceptors (Lipinski definition) is 7. The summed E-state index contributed by atoms with van der Waals surface area (Å²) in [5.74, 6) is -0.433. The Bertz CT molecular complexity index is 1150. The van der Waals surface area contributed by atoms with E-state index in [1.165, 1.54) is 34.4 Å². The van der Waals surface area contributed by atoms with Crippen LogP contribution in [0, 0.1) is 10.1 Å². The minimum Gasteiger partial charge on any atom is -0.461 e. The lowest BCUT2D eigenvalue weighted by atomic mass is 9.98. The number of esters is 1. The van der Waals surface area contributed by atoms with Gasteiger partial charge in [-0.25, -0.2) is 9.78 Å². The molecule has 3 aromatic rings. The summed E-state index contributed by atoms with van der Waals surface area (Å²) >= 11 is 1.32. The summed E-state index contributed by atoms with van der Waals surface area (Å²) in [6.07, 6.45) is 6.28. The zero-order chi connectivity index (χ0) is 21.3. The number of nitrogens with zero attached hydrogens (tertiary/aromatic N) is 3. The third kappa shape index (κ3) is 3.85. The fourth-order valence-electron chi connectivity index (χ4n) is 3.76. The monoisotopic (exact) mass is 427 g/mol. The maximum Gasteiger partial charge on any atom is 0.329 e. The largest absolute Gasteiger partial charge is 0.461 e. The van der Waals surface area contributed by atoms with Crippen LogP contribution in [0.5, 0.6) is 0 Å². The Morgan fingerprint density at radius 3 is 2.63 bits per heavy atom. The lowest BCUT2D eigenvalue weighted by Crippen LogP contribution is -2.32. The first-order chi connectivity index (χ1) is 14.5. The van der Waals surface area contributed by atoms with Crippen LogP contribution in [-0.4, -0.2) is 26.5 Å². The van der Waals surface area contributed by atoms with Crippen LogP contribution in [0.3, 0.4) is 0 Å². The zero-order valence-corrected chi connectivity index (χ0v) is 17.3. The van der Waals surface area contributed by atoms with Gasteiger partial charge in [0.05, 0.1) is 16.6 Å². The van der Waals surface area contributed by atoms with Crippen molar-refractivity contribution in [3.63, 3.8) is 0 Å². The van der Waals surface area contributed by atoms with Crippen LogP contribution in [0.25, 0.3) is 21.3 Å². The molecule has 9 heteroatoms. The lowest BCUT2D eigenvalue weighted by molar-refractivity contribution is -0.384. The fraction of sp³-hybridized carbons (Fsp3) is 0.381. The highest BCUT2D eigenvalue weighted by Crippen LogP contribution is 2.32. The molecule has 1 fully saturated rings. The third-order valence-electron chi connectivity index (χ3n) is 5.50. The number of ether oxygens (including phenoxy) is 1. The van der Waals surface area contributed by atoms with Gasteiger partial charge in [0.2, 0.25) is 0 Å². The molecule has 1 aromatic carbocycles. The Morgan fingerprint density at radius 1 is 1.27 bits per heavy atom. The normalized spacial score (nSPS) is 15.8. The van der Waals surface area contributed by atoms with E-state index in [1.54, 1.807) is 24.4 Å². The summed E-state index contributed by atoms with van der Waals surface area (Å²) < 4.78 is 6.92. The van der Waals surface area contributed by atoms with Gasteiger partial charge in [-0.3, -0.25) is 19.5 Å². The topological polar surface area (TPSA) is 104 Å². The van der Waals surface area contributed by atoms with Crippen LogP contribution >= 0.6 is 11.3 Å². The fourth-order valence-corrected chi connectivity index (χ4v) is 4.66. The predicted molar refractivity (Wildman–Crippen MR) is 114 cm³/mol. The van der Waals surface area contributed by atoms with Crippen LogP contribution < -0.4 is 5.56 Å². The van der Waals surface area contributed by atoms with Crippen molar-refractivity contribution in [1.82, 2.24) is 9.55 Å². The molecule has 1 aliphatic carbocycles. The van der Waals surface area contributed by atoms with Crippen molar-refractivity contribution in [3.05, 3.63) is 56.4 Å². The number of carbonyl (C=O) groups excluding carboxylic acids is 1. The van der Waals surface area contributed by atoms with Gasteiger partial charge in [-0.05, 0) is 50.3 Å². The minimum atomic E-state index is -0.791. The highest BCUT2D eigenvalue weighted by Gasteiger charge is 2.25. The summed E-state index contributed by atoms with van der Waals surface area (Å²) in [5, 5.41) is 13.1. The first-order valence-corrected chi connectivity index (χ1v) is 10.8. The summed E-state index contributed by atoms with van der Waals surface area (Å²) in [7, 11) is 0. The van der Waals surface area contributed by atoms with Gasteiger partial charge in [0.15, 0.2) is 0 Å². The molecule has 156 valence electrons. The molecular weight excluding hydrogens is 406 g/mol. The van der Waals surface area contributed by atoms with Crippen molar-refractivity contribution >= 4 is 33.2 Å². The number of carbonyl (C=O) groups is 1. The van der Waals surface area contributed by atoms with E-state index in [0.717, 1.165) is 32.1 Å². The van der Waals surface area contributed by atoms with Crippen molar-refractivity contribution in [2.75, 3.05) is 0 Å². The zero-order valence-electron chi connectivity index (χ0n) is 16.4. The van der Waals surface area contributed by atoms with Crippen molar-refractivity contribution in [2.24, 2.45) is 0 Å². The van der Waals surface area contributed by atoms with Gasteiger partial charge in [-0.1, -0.05) is 6.42 Å². The molecule has 1 atom stereocenters. The van der Waals surface area contributed by atoms with Gasteiger partial charge >= 0.3 is 5.97 Å². The number of hydrogen-bond donors (Lipinski definition) is 0. The molecule has 0 amide bonds. The lowest BCUT2D eigenvalue weighted by Gasteiger charge is -2.24. The molecule has 0 N–H and O–H groups in total. The maximum absolute atomic E-state index is 13.2. The van der Waals surface area contributed by atoms with E-state index in [4.69, 9.17) is 4.74 Å². The van der Waals surface area contributed by atoms with E-state index in [2.05, 4.69) is 4.98 Å². The van der Waals surface area contributed by atoms with Crippen LogP contribution in [0.2, 0.25) is 0 Å². The molecule has 8 nitrogen and oxygen atoms in total. The Kier molecular flexibility index (Phi) is 5.63. The van der Waals surface area contributed by atoms with Crippen LogP contribution in [-0.2, 0) is 9.53 Å². The second-order valence-electron chi connectivity index (χ2n) is 7.46. The first kappa shape index (κ1) is 20.2. The molecule has 0 radical (unpaired) electrons. The van der Waals surface area contributed by atoms with E-state index < -0.39 is 16.9 Å². The smallest absolute Gasteiger partial charge is 0.329 e. The van der Waals surface area contributed by atoms with Gasteiger partial charge in [0.25, 0.3) is 11.2 Å². The van der Waals surface area contributed by atoms with Gasteiger partial charge in [0.1, 0.15) is 17.0 Å². The van der Waals surface area contributed by atoms with Crippen molar-refractivity contribution in [3.8, 4) is 11.1 Å². The second-order valence-corrected chi connectivity index (χ2v) is 8.32. The van der Waals surface area contributed by atoms with Gasteiger partial charge in [-0.2, -0.15) is 0 Å². The summed E-state index contributed by atoms with van der Waals surface area (Å²) in [4.78, 5) is 41.2. The Balaban J connectivity index is 1.66. The van der Waals surface area contributed by atoms with Crippen LogP contribution in [0.1, 0.15) is 45.1 Å². The summed E-state index contributed by atoms with van der Waals surface area (Å²) in [6.45, 7) is 1.64. The number of rotatable bonds is 5. The summed E-state index contributed by atoms with van der Waals surface area (Å²) in [5.41, 5.74) is 0.973. The standard InChI is InChI=1S/C21H21N3O5S/c1-13(21(26)29-16-5-3-2-4-6-16)23-12-22-19-18(20(23)25)17(11-30-19)14-7-9-15(10-8-14)24(27)28/h7-13,16H,2-6H2,1H3. The Morgan fingerprint density at radius 2 is 1.97 bits per heavy atom. The van der Waals surface area contributed by atoms with Crippen molar-refractivity contribution in [1.29, 1.82) is 0 Å². The third-order valence-corrected chi connectivity index (χ3v) is 6.39. The average molecular weight is 427 g/mol. The molecular formula is C21H21N3O5S. The predicted octanol–water partition coefficient (Wildman–Crippen LogP) is 4.47. The number of fused-ring (bicyclic) bond motifs is 1. The second kappa shape index (κ2) is 8.35. The van der Waals surface area contributed by atoms with E-state index in [0.29, 0.717) is 21.3 Å². The number of nitro benzene ring substituents is 1. The number of nitro groups is 1. The molecule has 1 unspecified atom stereocenters. The molecule has 2 aromatic heterocycles. The van der Waals surface area contributed by atoms with Gasteiger partial charge in [0, 0.05) is 23.1 Å². The van der Waals surface area contributed by atoms with Gasteiger partial charge < -0.3 is 4.74 Å². The molecule has 4 rings (SSSR count). The number of thiophene rings is 1. The van der Waals surface area contributed by atoms with E-state index >= 15 is 0 Å². The quantitative estimate of drug-likeness (QED) is 0.338. The van der Waals surface area contributed by atoms with Crippen molar-refractivity contribution in [2.45, 2.75) is 51.2 Å². The van der Waals surface area contributed by atoms with Crippen LogP contribution in [0.4, 0.5) is 5.69 Å². The van der Waals surface area contributed by atoms with E-state index in [1.807, 2.05) is 0 Å². The minimum absolute atomic E-state index is 0.0205. The molecule has 0 spiro atoms. The SMILES string of the molecule is CC(C(=O)OC1CCCCC1)n1cnc2scc(-c3ccc([N+](=O)[O-])cc3)c2c1=O. The van der Waals surface area contributed by atoms with Crippen LogP contribution in [0.15, 0.2) is 40.8 Å². The molecule has 1 aliphatic rings. The number of non-ortho nitro benzene ring substituents is 1. The molecule has 1 saturated carbocycles. The molecule has 0 saturated heterocycles. The molecule has 0 aliphatic heterocycles.